The number of nitrogens with one attached hydrogen (secondary N) is 2. The minimum Gasteiger partial charge on any atom is -0.496 e. The highest BCUT2D eigenvalue weighted by Gasteiger charge is 2.35. The lowest BCUT2D eigenvalue weighted by atomic mass is 9.72. The monoisotopic (exact) mass is 495 g/mol. The van der Waals surface area contributed by atoms with E-state index < -0.39 is 6.09 Å². The van der Waals surface area contributed by atoms with Crippen molar-refractivity contribution in [2.75, 3.05) is 19.1 Å². The summed E-state index contributed by atoms with van der Waals surface area (Å²) < 4.78 is 5.63. The molecule has 3 N–H and O–H groups in total. The third-order valence-corrected chi connectivity index (χ3v) is 7.38. The van der Waals surface area contributed by atoms with Crippen LogP contribution in [0, 0.1) is 11.3 Å². The quantitative estimate of drug-likeness (QED) is 0.439. The summed E-state index contributed by atoms with van der Waals surface area (Å²) in [5, 5.41) is 15.8. The van der Waals surface area contributed by atoms with Crippen LogP contribution in [0.3, 0.4) is 0 Å². The molecule has 0 radical (unpaired) electrons. The molecule has 7 heteroatoms. The van der Waals surface area contributed by atoms with Gasteiger partial charge in [0, 0.05) is 43.9 Å². The predicted molar refractivity (Wildman–Crippen MR) is 145 cm³/mol. The van der Waals surface area contributed by atoms with Crippen molar-refractivity contribution >= 4 is 17.7 Å². The van der Waals surface area contributed by atoms with Gasteiger partial charge in [0.05, 0.1) is 7.11 Å². The number of rotatable bonds is 8. The third kappa shape index (κ3) is 7.00. The van der Waals surface area contributed by atoms with Crippen molar-refractivity contribution in [3.05, 3.63) is 48.0 Å². The standard InChI is InChI=1S/C29H41N3O4/c1-19(33)32(5)25-14-9-20(10-15-25)22-11-16-26(36-6)23(17-22)18-30-24-12-7-21(8-13-24)27(29(2,3)4)31-28(34)35/h9-11,14-17,21,24,27,30-31H,7-8,12-13,18H2,1-6H3,(H,34,35). The predicted octanol–water partition coefficient (Wildman–Crippen LogP) is 5.68. The van der Waals surface area contributed by atoms with Gasteiger partial charge in [0.25, 0.3) is 0 Å². The molecule has 0 spiro atoms. The Morgan fingerprint density at radius 1 is 1.06 bits per heavy atom. The molecule has 2 aromatic carbocycles. The second-order valence-corrected chi connectivity index (χ2v) is 10.9. The molecule has 0 bridgehead atoms. The maximum Gasteiger partial charge on any atom is 0.404 e. The Labute approximate surface area is 215 Å². The van der Waals surface area contributed by atoms with Crippen molar-refractivity contribution in [3.8, 4) is 16.9 Å². The number of carbonyl (C=O) groups excluding carboxylic acids is 1. The summed E-state index contributed by atoms with van der Waals surface area (Å²) in [4.78, 5) is 24.6. The Bertz CT molecular complexity index is 1040. The summed E-state index contributed by atoms with van der Waals surface area (Å²) in [5.41, 5.74) is 4.03. The molecule has 196 valence electrons. The second kappa shape index (κ2) is 11.8. The fraction of sp³-hybridized carbons (Fsp3) is 0.517. The van der Waals surface area contributed by atoms with Crippen LogP contribution in [0.2, 0.25) is 0 Å². The lowest BCUT2D eigenvalue weighted by Gasteiger charge is -2.40. The molecular formula is C29H41N3O4. The molecule has 7 nitrogen and oxygen atoms in total. The maximum absolute atomic E-state index is 11.6. The Balaban J connectivity index is 1.64. The zero-order chi connectivity index (χ0) is 26.5. The smallest absolute Gasteiger partial charge is 0.404 e. The van der Waals surface area contributed by atoms with E-state index in [4.69, 9.17) is 4.74 Å². The molecule has 1 fully saturated rings. The molecule has 1 unspecified atom stereocenters. The number of carboxylic acid groups (broad SMARTS) is 1. The summed E-state index contributed by atoms with van der Waals surface area (Å²) in [6, 6.07) is 14.5. The molecule has 0 saturated heterocycles. The van der Waals surface area contributed by atoms with E-state index in [1.54, 1.807) is 26.0 Å². The van der Waals surface area contributed by atoms with Crippen molar-refractivity contribution in [2.45, 2.75) is 72.0 Å². The number of benzene rings is 2. The first kappa shape index (κ1) is 27.5. The molecule has 36 heavy (non-hydrogen) atoms. The van der Waals surface area contributed by atoms with Crippen molar-refractivity contribution in [1.82, 2.24) is 10.6 Å². The molecule has 1 aliphatic rings. The molecular weight excluding hydrogens is 454 g/mol. The van der Waals surface area contributed by atoms with Crippen LogP contribution < -0.4 is 20.3 Å². The van der Waals surface area contributed by atoms with Crippen LogP contribution in [0.4, 0.5) is 10.5 Å². The number of ether oxygens (including phenoxy) is 1. The Hall–Kier alpha value is -3.06. The fourth-order valence-corrected chi connectivity index (χ4v) is 5.24. The van der Waals surface area contributed by atoms with E-state index in [-0.39, 0.29) is 17.4 Å². The van der Waals surface area contributed by atoms with Crippen LogP contribution in [-0.4, -0.2) is 43.3 Å². The highest BCUT2D eigenvalue weighted by molar-refractivity contribution is 5.91. The molecule has 0 aromatic heterocycles. The normalized spacial score (nSPS) is 18.8. The van der Waals surface area contributed by atoms with E-state index in [1.165, 1.54) is 0 Å². The number of nitrogens with zero attached hydrogens (tertiary/aromatic N) is 1. The van der Waals surface area contributed by atoms with Gasteiger partial charge in [-0.15, -0.1) is 0 Å². The Morgan fingerprint density at radius 3 is 2.19 bits per heavy atom. The van der Waals surface area contributed by atoms with Crippen LogP contribution in [-0.2, 0) is 11.3 Å². The van der Waals surface area contributed by atoms with E-state index in [0.29, 0.717) is 18.5 Å². The lowest BCUT2D eigenvalue weighted by molar-refractivity contribution is -0.116. The minimum absolute atomic E-state index is 0.00154. The second-order valence-electron chi connectivity index (χ2n) is 10.9. The third-order valence-electron chi connectivity index (χ3n) is 7.38. The fourth-order valence-electron chi connectivity index (χ4n) is 5.24. The van der Waals surface area contributed by atoms with Gasteiger partial charge in [-0.2, -0.15) is 0 Å². The van der Waals surface area contributed by atoms with Gasteiger partial charge in [0.2, 0.25) is 5.91 Å². The SMILES string of the molecule is COc1ccc(-c2ccc(N(C)C(C)=O)cc2)cc1CNC1CCC(C(NC(=O)O)C(C)(C)C)CC1. The summed E-state index contributed by atoms with van der Waals surface area (Å²) in [6.45, 7) is 8.57. The van der Waals surface area contributed by atoms with Crippen LogP contribution in [0.5, 0.6) is 5.75 Å². The van der Waals surface area contributed by atoms with Crippen LogP contribution in [0.25, 0.3) is 11.1 Å². The maximum atomic E-state index is 11.6. The number of carbonyl (C=O) groups is 2. The van der Waals surface area contributed by atoms with E-state index >= 15 is 0 Å². The molecule has 1 saturated carbocycles. The van der Waals surface area contributed by atoms with Gasteiger partial charge < -0.3 is 25.4 Å². The Morgan fingerprint density at radius 2 is 1.67 bits per heavy atom. The highest BCUT2D eigenvalue weighted by atomic mass is 16.5. The zero-order valence-electron chi connectivity index (χ0n) is 22.4. The van der Waals surface area contributed by atoms with Gasteiger partial charge in [-0.25, -0.2) is 4.79 Å². The first-order valence-electron chi connectivity index (χ1n) is 12.7. The first-order chi connectivity index (χ1) is 17.0. The van der Waals surface area contributed by atoms with E-state index in [0.717, 1.165) is 53.8 Å². The van der Waals surface area contributed by atoms with Crippen molar-refractivity contribution in [1.29, 1.82) is 0 Å². The average molecular weight is 496 g/mol. The average Bonchev–Trinajstić information content (AvgIpc) is 2.85. The van der Waals surface area contributed by atoms with Crippen molar-refractivity contribution in [3.63, 3.8) is 0 Å². The van der Waals surface area contributed by atoms with Gasteiger partial charge in [-0.05, 0) is 72.4 Å². The van der Waals surface area contributed by atoms with Gasteiger partial charge in [0.15, 0.2) is 0 Å². The number of hydrogen-bond donors (Lipinski definition) is 3. The molecule has 2 amide bonds. The van der Waals surface area contributed by atoms with Crippen LogP contribution in [0.1, 0.15) is 58.9 Å². The van der Waals surface area contributed by atoms with Crippen LogP contribution in [0.15, 0.2) is 42.5 Å². The number of amides is 2. The number of methoxy groups -OCH3 is 1. The molecule has 3 rings (SSSR count). The van der Waals surface area contributed by atoms with Gasteiger partial charge in [0.1, 0.15) is 5.75 Å². The minimum atomic E-state index is -0.942. The van der Waals surface area contributed by atoms with Gasteiger partial charge in [-0.3, -0.25) is 4.79 Å². The molecule has 2 aromatic rings. The zero-order valence-corrected chi connectivity index (χ0v) is 22.4. The topological polar surface area (TPSA) is 90.9 Å². The summed E-state index contributed by atoms with van der Waals surface area (Å²) in [6.07, 6.45) is 3.09. The molecule has 0 heterocycles. The number of anilines is 1. The molecule has 1 atom stereocenters. The van der Waals surface area contributed by atoms with Crippen LogP contribution >= 0.6 is 0 Å². The van der Waals surface area contributed by atoms with Crippen molar-refractivity contribution in [2.24, 2.45) is 11.3 Å². The van der Waals surface area contributed by atoms with E-state index in [2.05, 4.69) is 43.5 Å². The largest absolute Gasteiger partial charge is 0.496 e. The molecule has 1 aliphatic carbocycles. The summed E-state index contributed by atoms with van der Waals surface area (Å²) in [5.74, 6) is 1.20. The van der Waals surface area contributed by atoms with Gasteiger partial charge in [-0.1, -0.05) is 39.0 Å². The lowest BCUT2D eigenvalue weighted by Crippen LogP contribution is -2.50. The number of hydrogen-bond acceptors (Lipinski definition) is 4. The summed E-state index contributed by atoms with van der Waals surface area (Å²) in [7, 11) is 3.46. The first-order valence-corrected chi connectivity index (χ1v) is 12.7. The summed E-state index contributed by atoms with van der Waals surface area (Å²) >= 11 is 0. The van der Waals surface area contributed by atoms with E-state index in [9.17, 15) is 14.7 Å². The highest BCUT2D eigenvalue weighted by Crippen LogP contribution is 2.35. The van der Waals surface area contributed by atoms with Gasteiger partial charge >= 0.3 is 6.09 Å². The Kier molecular flexibility index (Phi) is 9.01. The van der Waals surface area contributed by atoms with E-state index in [1.807, 2.05) is 30.3 Å². The van der Waals surface area contributed by atoms with Crippen molar-refractivity contribution < 1.29 is 19.4 Å². The molecule has 0 aliphatic heterocycles.